The average molecular weight is 251 g/mol. The van der Waals surface area contributed by atoms with Gasteiger partial charge in [0.05, 0.1) is 20.3 Å². The van der Waals surface area contributed by atoms with Gasteiger partial charge in [-0.15, -0.1) is 0 Å². The molecule has 0 atom stereocenters. The highest BCUT2D eigenvalue weighted by Gasteiger charge is 2.08. The quantitative estimate of drug-likeness (QED) is 0.810. The normalized spacial score (nSPS) is 10.5. The van der Waals surface area contributed by atoms with Crippen molar-refractivity contribution in [2.24, 2.45) is 0 Å². The molecule has 0 radical (unpaired) electrons. The van der Waals surface area contributed by atoms with Crippen LogP contribution in [-0.2, 0) is 6.54 Å². The van der Waals surface area contributed by atoms with Crippen molar-refractivity contribution < 1.29 is 9.84 Å². The van der Waals surface area contributed by atoms with E-state index in [1.807, 2.05) is 24.3 Å². The van der Waals surface area contributed by atoms with E-state index in [-0.39, 0.29) is 6.61 Å². The molecule has 0 amide bonds. The van der Waals surface area contributed by atoms with Gasteiger partial charge in [-0.2, -0.15) is 5.10 Å². The van der Waals surface area contributed by atoms with Crippen molar-refractivity contribution in [3.8, 4) is 17.1 Å². The van der Waals surface area contributed by atoms with Gasteiger partial charge in [0, 0.05) is 5.56 Å². The minimum Gasteiger partial charge on any atom is -0.497 e. The number of rotatable bonds is 4. The van der Waals surface area contributed by atoms with Crippen molar-refractivity contribution in [2.45, 2.75) is 6.54 Å². The molecule has 90 valence electrons. The van der Waals surface area contributed by atoms with E-state index in [4.69, 9.17) is 22.1 Å². The second kappa shape index (κ2) is 5.11. The lowest BCUT2D eigenvalue weighted by Gasteiger charge is -2.05. The van der Waals surface area contributed by atoms with Crippen LogP contribution >= 0.6 is 12.2 Å². The fourth-order valence-corrected chi connectivity index (χ4v) is 1.81. The van der Waals surface area contributed by atoms with Crippen molar-refractivity contribution in [3.63, 3.8) is 0 Å². The molecule has 0 saturated carbocycles. The van der Waals surface area contributed by atoms with Crippen molar-refractivity contribution in [1.29, 1.82) is 0 Å². The Labute approximate surface area is 104 Å². The second-order valence-electron chi connectivity index (χ2n) is 3.46. The highest BCUT2D eigenvalue weighted by atomic mass is 32.1. The van der Waals surface area contributed by atoms with E-state index >= 15 is 0 Å². The SMILES string of the molecule is COc1ccc(-c2n[nH]c(=S)n2CCO)cc1. The van der Waals surface area contributed by atoms with Crippen LogP contribution in [0.3, 0.4) is 0 Å². The highest BCUT2D eigenvalue weighted by Crippen LogP contribution is 2.20. The first-order valence-corrected chi connectivity index (χ1v) is 5.57. The summed E-state index contributed by atoms with van der Waals surface area (Å²) in [6.07, 6.45) is 0. The molecule has 0 unspecified atom stereocenters. The number of nitrogens with one attached hydrogen (secondary N) is 1. The van der Waals surface area contributed by atoms with Crippen LogP contribution in [0.25, 0.3) is 11.4 Å². The summed E-state index contributed by atoms with van der Waals surface area (Å²) in [7, 11) is 1.62. The molecule has 0 aliphatic heterocycles. The summed E-state index contributed by atoms with van der Waals surface area (Å²) in [4.78, 5) is 0. The van der Waals surface area contributed by atoms with Gasteiger partial charge in [0.25, 0.3) is 0 Å². The van der Waals surface area contributed by atoms with E-state index < -0.39 is 0 Å². The number of ether oxygens (including phenoxy) is 1. The number of hydrogen-bond acceptors (Lipinski definition) is 4. The zero-order valence-electron chi connectivity index (χ0n) is 9.38. The minimum atomic E-state index is 0.0248. The van der Waals surface area contributed by atoms with Crippen molar-refractivity contribution >= 4 is 12.2 Å². The maximum Gasteiger partial charge on any atom is 0.195 e. The predicted molar refractivity (Wildman–Crippen MR) is 66.5 cm³/mol. The number of H-pyrrole nitrogens is 1. The van der Waals surface area contributed by atoms with Gasteiger partial charge in [-0.1, -0.05) is 0 Å². The van der Waals surface area contributed by atoms with Crippen molar-refractivity contribution in [1.82, 2.24) is 14.8 Å². The molecule has 2 aromatic rings. The standard InChI is InChI=1S/C11H13N3O2S/c1-16-9-4-2-8(3-5-9)10-12-13-11(17)14(10)6-7-15/h2-5,15H,6-7H2,1H3,(H,13,17). The Bertz CT molecular complexity index is 545. The van der Waals surface area contributed by atoms with Gasteiger partial charge in [0.1, 0.15) is 5.75 Å². The molecule has 0 saturated heterocycles. The summed E-state index contributed by atoms with van der Waals surface area (Å²) in [6.45, 7) is 0.452. The molecule has 0 fully saturated rings. The van der Waals surface area contributed by atoms with Crippen LogP contribution in [0, 0.1) is 4.77 Å². The van der Waals surface area contributed by atoms with Crippen LogP contribution in [-0.4, -0.2) is 33.6 Å². The topological polar surface area (TPSA) is 63.1 Å². The van der Waals surface area contributed by atoms with Gasteiger partial charge in [0.15, 0.2) is 10.6 Å². The zero-order chi connectivity index (χ0) is 12.3. The largest absolute Gasteiger partial charge is 0.497 e. The fraction of sp³-hybridized carbons (Fsp3) is 0.273. The molecule has 2 N–H and O–H groups in total. The summed E-state index contributed by atoms with van der Waals surface area (Å²) in [6, 6.07) is 7.52. The molecule has 0 spiro atoms. The predicted octanol–water partition coefficient (Wildman–Crippen LogP) is 1.61. The Morgan fingerprint density at radius 1 is 1.41 bits per heavy atom. The lowest BCUT2D eigenvalue weighted by molar-refractivity contribution is 0.276. The first-order valence-electron chi connectivity index (χ1n) is 5.16. The molecule has 1 aromatic heterocycles. The molecule has 0 bridgehead atoms. The monoisotopic (exact) mass is 251 g/mol. The first kappa shape index (κ1) is 11.8. The van der Waals surface area contributed by atoms with Crippen molar-refractivity contribution in [3.05, 3.63) is 29.0 Å². The summed E-state index contributed by atoms with van der Waals surface area (Å²) < 4.78 is 7.36. The molecular formula is C11H13N3O2S. The van der Waals surface area contributed by atoms with E-state index in [2.05, 4.69) is 10.2 Å². The molecule has 1 heterocycles. The number of benzene rings is 1. The number of aromatic nitrogens is 3. The van der Waals surface area contributed by atoms with Gasteiger partial charge in [0.2, 0.25) is 0 Å². The van der Waals surface area contributed by atoms with Crippen LogP contribution in [0.15, 0.2) is 24.3 Å². The zero-order valence-corrected chi connectivity index (χ0v) is 10.2. The Morgan fingerprint density at radius 3 is 2.71 bits per heavy atom. The smallest absolute Gasteiger partial charge is 0.195 e. The molecule has 17 heavy (non-hydrogen) atoms. The van der Waals surface area contributed by atoms with Crippen LogP contribution in [0.4, 0.5) is 0 Å². The van der Waals surface area contributed by atoms with E-state index in [0.29, 0.717) is 17.1 Å². The average Bonchev–Trinajstić information content (AvgIpc) is 2.72. The maximum absolute atomic E-state index is 8.99. The Balaban J connectivity index is 2.41. The third kappa shape index (κ3) is 2.37. The van der Waals surface area contributed by atoms with E-state index in [1.54, 1.807) is 11.7 Å². The summed E-state index contributed by atoms with van der Waals surface area (Å²) in [5, 5.41) is 15.9. The number of methoxy groups -OCH3 is 1. The number of hydrogen-bond donors (Lipinski definition) is 2. The molecule has 5 nitrogen and oxygen atoms in total. The minimum absolute atomic E-state index is 0.0248. The van der Waals surface area contributed by atoms with Crippen molar-refractivity contribution in [2.75, 3.05) is 13.7 Å². The molecule has 0 aliphatic carbocycles. The summed E-state index contributed by atoms with van der Waals surface area (Å²) >= 11 is 5.10. The number of nitrogens with zero attached hydrogens (tertiary/aromatic N) is 2. The van der Waals surface area contributed by atoms with Gasteiger partial charge in [-0.05, 0) is 36.5 Å². The highest BCUT2D eigenvalue weighted by molar-refractivity contribution is 7.71. The molecule has 2 rings (SSSR count). The lowest BCUT2D eigenvalue weighted by Crippen LogP contribution is -2.04. The molecular weight excluding hydrogens is 238 g/mol. The lowest BCUT2D eigenvalue weighted by atomic mass is 10.2. The molecule has 1 aromatic carbocycles. The number of aliphatic hydroxyl groups is 1. The van der Waals surface area contributed by atoms with E-state index in [0.717, 1.165) is 11.3 Å². The second-order valence-corrected chi connectivity index (χ2v) is 3.84. The fourth-order valence-electron chi connectivity index (χ4n) is 1.59. The van der Waals surface area contributed by atoms with Gasteiger partial charge < -0.3 is 9.84 Å². The van der Waals surface area contributed by atoms with Crippen LogP contribution in [0.5, 0.6) is 5.75 Å². The van der Waals surface area contributed by atoms with Gasteiger partial charge >= 0.3 is 0 Å². The summed E-state index contributed by atoms with van der Waals surface area (Å²) in [5.41, 5.74) is 0.923. The van der Waals surface area contributed by atoms with Crippen LogP contribution in [0.2, 0.25) is 0 Å². The van der Waals surface area contributed by atoms with Crippen LogP contribution in [0.1, 0.15) is 0 Å². The van der Waals surface area contributed by atoms with Gasteiger partial charge in [-0.25, -0.2) is 0 Å². The molecule has 0 aliphatic rings. The molecule has 6 heteroatoms. The Morgan fingerprint density at radius 2 is 2.12 bits per heavy atom. The van der Waals surface area contributed by atoms with Gasteiger partial charge in [-0.3, -0.25) is 9.67 Å². The van der Waals surface area contributed by atoms with Crippen LogP contribution < -0.4 is 4.74 Å². The summed E-state index contributed by atoms with van der Waals surface area (Å²) in [5.74, 6) is 1.50. The third-order valence-electron chi connectivity index (χ3n) is 2.43. The Kier molecular flexibility index (Phi) is 3.55. The number of aliphatic hydroxyl groups excluding tert-OH is 1. The third-order valence-corrected chi connectivity index (χ3v) is 2.74. The van der Waals surface area contributed by atoms with E-state index in [1.165, 1.54) is 0 Å². The number of aromatic amines is 1. The first-order chi connectivity index (χ1) is 8.26. The maximum atomic E-state index is 8.99. The Hall–Kier alpha value is -1.66. The van der Waals surface area contributed by atoms with E-state index in [9.17, 15) is 0 Å².